The van der Waals surface area contributed by atoms with Crippen molar-refractivity contribution in [2.24, 2.45) is 0 Å². The molecule has 114 valence electrons. The molecule has 0 spiro atoms. The van der Waals surface area contributed by atoms with Gasteiger partial charge >= 0.3 is 0 Å². The maximum Gasteiger partial charge on any atom is 0.142 e. The molecule has 0 aliphatic heterocycles. The summed E-state index contributed by atoms with van der Waals surface area (Å²) in [5, 5.41) is 12.4. The number of ether oxygens (including phenoxy) is 1. The zero-order valence-corrected chi connectivity index (χ0v) is 12.9. The Morgan fingerprint density at radius 3 is 2.65 bits per heavy atom. The van der Waals surface area contributed by atoms with Crippen molar-refractivity contribution in [1.82, 2.24) is 5.32 Å². The smallest absolute Gasteiger partial charge is 0.142 e. The maximum absolute atomic E-state index is 9.09. The number of benzene rings is 1. The van der Waals surface area contributed by atoms with Crippen LogP contribution in [0.3, 0.4) is 0 Å². The van der Waals surface area contributed by atoms with Crippen molar-refractivity contribution in [1.29, 1.82) is 0 Å². The summed E-state index contributed by atoms with van der Waals surface area (Å²) in [6, 6.07) is 6.21. The molecule has 1 atom stereocenters. The molecule has 0 heterocycles. The van der Waals surface area contributed by atoms with Crippen molar-refractivity contribution >= 4 is 5.69 Å². The van der Waals surface area contributed by atoms with Crippen LogP contribution in [0.2, 0.25) is 0 Å². The van der Waals surface area contributed by atoms with Crippen molar-refractivity contribution in [2.45, 2.75) is 52.2 Å². The van der Waals surface area contributed by atoms with Gasteiger partial charge < -0.3 is 20.9 Å². The lowest BCUT2D eigenvalue weighted by Crippen LogP contribution is -2.32. The van der Waals surface area contributed by atoms with E-state index in [9.17, 15) is 0 Å². The summed E-state index contributed by atoms with van der Waals surface area (Å²) in [6.45, 7) is 7.16. The highest BCUT2D eigenvalue weighted by atomic mass is 16.5. The van der Waals surface area contributed by atoms with Gasteiger partial charge in [-0.05, 0) is 57.4 Å². The SMILES string of the molecule is CCC(CO)NCCCc1ccc(OC(C)C)c(N)c1. The van der Waals surface area contributed by atoms with Crippen LogP contribution in [-0.4, -0.2) is 30.4 Å². The standard InChI is InChI=1S/C16H28N2O2/c1-4-14(11-19)18-9-5-6-13-7-8-16(15(17)10-13)20-12(2)3/h7-8,10,12,14,18-19H,4-6,9,11,17H2,1-3H3. The number of aliphatic hydroxyl groups is 1. The second-order valence-corrected chi connectivity index (χ2v) is 5.38. The molecule has 4 N–H and O–H groups in total. The summed E-state index contributed by atoms with van der Waals surface area (Å²) in [7, 11) is 0. The van der Waals surface area contributed by atoms with Crippen molar-refractivity contribution in [3.8, 4) is 5.75 Å². The molecule has 0 aliphatic carbocycles. The van der Waals surface area contributed by atoms with Crippen LogP contribution in [0.4, 0.5) is 5.69 Å². The molecular weight excluding hydrogens is 252 g/mol. The van der Waals surface area contributed by atoms with E-state index in [1.54, 1.807) is 0 Å². The van der Waals surface area contributed by atoms with E-state index in [1.165, 1.54) is 5.56 Å². The van der Waals surface area contributed by atoms with Gasteiger partial charge in [-0.15, -0.1) is 0 Å². The lowest BCUT2D eigenvalue weighted by Gasteiger charge is -2.14. The first-order valence-corrected chi connectivity index (χ1v) is 7.46. The van der Waals surface area contributed by atoms with Gasteiger partial charge in [0.25, 0.3) is 0 Å². The number of rotatable bonds is 9. The summed E-state index contributed by atoms with van der Waals surface area (Å²) < 4.78 is 5.62. The Balaban J connectivity index is 2.39. The molecule has 1 aromatic carbocycles. The van der Waals surface area contributed by atoms with Crippen molar-refractivity contribution in [3.05, 3.63) is 23.8 Å². The minimum absolute atomic E-state index is 0.136. The number of aryl methyl sites for hydroxylation is 1. The Kier molecular flexibility index (Phi) is 7.41. The maximum atomic E-state index is 9.09. The predicted molar refractivity (Wildman–Crippen MR) is 84.1 cm³/mol. The first-order valence-electron chi connectivity index (χ1n) is 7.46. The van der Waals surface area contributed by atoms with Gasteiger partial charge in [0.2, 0.25) is 0 Å². The van der Waals surface area contributed by atoms with E-state index in [0.29, 0.717) is 5.69 Å². The van der Waals surface area contributed by atoms with E-state index in [1.807, 2.05) is 26.0 Å². The number of aliphatic hydroxyl groups excluding tert-OH is 1. The third-order valence-corrected chi connectivity index (χ3v) is 3.23. The summed E-state index contributed by atoms with van der Waals surface area (Å²) in [6.07, 6.45) is 3.09. The highest BCUT2D eigenvalue weighted by Crippen LogP contribution is 2.24. The highest BCUT2D eigenvalue weighted by molar-refractivity contribution is 5.54. The van der Waals surface area contributed by atoms with E-state index in [2.05, 4.69) is 18.3 Å². The number of nitrogen functional groups attached to an aromatic ring is 1. The monoisotopic (exact) mass is 280 g/mol. The molecule has 0 aliphatic rings. The molecule has 0 radical (unpaired) electrons. The zero-order chi connectivity index (χ0) is 15.0. The normalized spacial score (nSPS) is 12.7. The lowest BCUT2D eigenvalue weighted by molar-refractivity contribution is 0.239. The molecule has 1 aromatic rings. The lowest BCUT2D eigenvalue weighted by atomic mass is 10.1. The molecule has 0 amide bonds. The Bertz CT molecular complexity index is 390. The molecule has 1 unspecified atom stereocenters. The van der Waals surface area contributed by atoms with Crippen LogP contribution in [0.1, 0.15) is 39.2 Å². The quantitative estimate of drug-likeness (QED) is 0.480. The molecule has 20 heavy (non-hydrogen) atoms. The van der Waals surface area contributed by atoms with Gasteiger partial charge in [0.1, 0.15) is 5.75 Å². The van der Waals surface area contributed by atoms with E-state index >= 15 is 0 Å². The molecule has 4 nitrogen and oxygen atoms in total. The van der Waals surface area contributed by atoms with Crippen LogP contribution in [0.15, 0.2) is 18.2 Å². The van der Waals surface area contributed by atoms with Crippen LogP contribution in [-0.2, 0) is 6.42 Å². The van der Waals surface area contributed by atoms with Crippen molar-refractivity contribution < 1.29 is 9.84 Å². The second-order valence-electron chi connectivity index (χ2n) is 5.38. The Morgan fingerprint density at radius 1 is 1.35 bits per heavy atom. The number of hydrogen-bond donors (Lipinski definition) is 3. The summed E-state index contributed by atoms with van der Waals surface area (Å²) in [5.74, 6) is 0.758. The Morgan fingerprint density at radius 2 is 2.10 bits per heavy atom. The molecule has 0 saturated heterocycles. The Hall–Kier alpha value is -1.26. The van der Waals surface area contributed by atoms with Crippen LogP contribution >= 0.6 is 0 Å². The predicted octanol–water partition coefficient (Wildman–Crippen LogP) is 2.35. The third kappa shape index (κ3) is 5.80. The minimum Gasteiger partial charge on any atom is -0.489 e. The van der Waals surface area contributed by atoms with Gasteiger partial charge in [-0.2, -0.15) is 0 Å². The highest BCUT2D eigenvalue weighted by Gasteiger charge is 2.05. The largest absolute Gasteiger partial charge is 0.489 e. The van der Waals surface area contributed by atoms with Gasteiger partial charge in [-0.1, -0.05) is 13.0 Å². The number of nitrogens with one attached hydrogen (secondary N) is 1. The molecule has 4 heteroatoms. The van der Waals surface area contributed by atoms with Gasteiger partial charge in [-0.3, -0.25) is 0 Å². The second kappa shape index (κ2) is 8.82. The van der Waals surface area contributed by atoms with Crippen molar-refractivity contribution in [2.75, 3.05) is 18.9 Å². The molecule has 1 rings (SSSR count). The van der Waals surface area contributed by atoms with E-state index in [4.69, 9.17) is 15.6 Å². The van der Waals surface area contributed by atoms with E-state index in [0.717, 1.165) is 31.6 Å². The topological polar surface area (TPSA) is 67.5 Å². The first kappa shape index (κ1) is 16.8. The van der Waals surface area contributed by atoms with E-state index in [-0.39, 0.29) is 18.8 Å². The van der Waals surface area contributed by atoms with Crippen LogP contribution in [0.5, 0.6) is 5.75 Å². The molecule has 0 fully saturated rings. The summed E-state index contributed by atoms with van der Waals surface area (Å²) in [4.78, 5) is 0. The van der Waals surface area contributed by atoms with E-state index < -0.39 is 0 Å². The molecule has 0 saturated carbocycles. The average molecular weight is 280 g/mol. The summed E-state index contributed by atoms with van der Waals surface area (Å²) in [5.41, 5.74) is 7.91. The van der Waals surface area contributed by atoms with Crippen LogP contribution in [0.25, 0.3) is 0 Å². The minimum atomic E-state index is 0.136. The number of hydrogen-bond acceptors (Lipinski definition) is 4. The van der Waals surface area contributed by atoms with Gasteiger partial charge in [0, 0.05) is 6.04 Å². The van der Waals surface area contributed by atoms with Crippen LogP contribution < -0.4 is 15.8 Å². The fourth-order valence-corrected chi connectivity index (χ4v) is 2.05. The summed E-state index contributed by atoms with van der Waals surface area (Å²) >= 11 is 0. The van der Waals surface area contributed by atoms with Crippen molar-refractivity contribution in [3.63, 3.8) is 0 Å². The molecule has 0 bridgehead atoms. The van der Waals surface area contributed by atoms with Gasteiger partial charge in [0.05, 0.1) is 18.4 Å². The van der Waals surface area contributed by atoms with Gasteiger partial charge in [0.15, 0.2) is 0 Å². The first-order chi connectivity index (χ1) is 9.56. The number of anilines is 1. The molecule has 0 aromatic heterocycles. The van der Waals surface area contributed by atoms with Crippen LogP contribution in [0, 0.1) is 0 Å². The number of nitrogens with two attached hydrogens (primary N) is 1. The fourth-order valence-electron chi connectivity index (χ4n) is 2.05. The third-order valence-electron chi connectivity index (χ3n) is 3.23. The fraction of sp³-hybridized carbons (Fsp3) is 0.625. The zero-order valence-electron chi connectivity index (χ0n) is 12.9. The van der Waals surface area contributed by atoms with Gasteiger partial charge in [-0.25, -0.2) is 0 Å². The average Bonchev–Trinajstić information content (AvgIpc) is 2.41. The Labute approximate surface area is 122 Å². The molecular formula is C16H28N2O2.